The Morgan fingerprint density at radius 2 is 1.87 bits per heavy atom. The third-order valence-electron chi connectivity index (χ3n) is 5.15. The second-order valence-electron chi connectivity index (χ2n) is 7.40. The lowest BCUT2D eigenvalue weighted by Gasteiger charge is -2.30. The topological polar surface area (TPSA) is 92.5 Å². The first-order valence-corrected chi connectivity index (χ1v) is 11.4. The molecule has 0 saturated heterocycles. The third kappa shape index (κ3) is 4.25. The van der Waals surface area contributed by atoms with Crippen LogP contribution < -0.4 is 9.62 Å². The van der Waals surface area contributed by atoms with Crippen LogP contribution in [0.1, 0.15) is 35.9 Å². The Hall–Kier alpha value is -3.39. The molecule has 1 aromatic heterocycles. The fraction of sp³-hybridized carbons (Fsp3) is 0.217. The first-order valence-electron chi connectivity index (χ1n) is 9.99. The van der Waals surface area contributed by atoms with Gasteiger partial charge in [-0.25, -0.2) is 8.42 Å². The number of para-hydroxylation sites is 1. The fourth-order valence-electron chi connectivity index (χ4n) is 3.63. The van der Waals surface area contributed by atoms with Crippen LogP contribution in [0.2, 0.25) is 0 Å². The van der Waals surface area contributed by atoms with E-state index >= 15 is 0 Å². The molecule has 1 aliphatic rings. The van der Waals surface area contributed by atoms with Gasteiger partial charge in [0.2, 0.25) is 5.91 Å². The highest BCUT2D eigenvalue weighted by Crippen LogP contribution is 2.32. The van der Waals surface area contributed by atoms with Crippen molar-refractivity contribution in [1.29, 1.82) is 0 Å². The molecule has 3 aromatic rings. The molecule has 0 bridgehead atoms. The third-order valence-corrected chi connectivity index (χ3v) is 6.98. The number of nitrogens with one attached hydrogen (secondary N) is 1. The summed E-state index contributed by atoms with van der Waals surface area (Å²) in [6, 6.07) is 14.3. The Labute approximate surface area is 181 Å². The van der Waals surface area contributed by atoms with E-state index in [1.54, 1.807) is 43.3 Å². The van der Waals surface area contributed by atoms with Gasteiger partial charge < -0.3 is 9.84 Å². The Bertz CT molecular complexity index is 1240. The highest BCUT2D eigenvalue weighted by Gasteiger charge is 2.28. The van der Waals surface area contributed by atoms with E-state index in [2.05, 4.69) is 10.5 Å². The Balaban J connectivity index is 1.57. The lowest BCUT2D eigenvalue weighted by atomic mass is 10.0. The van der Waals surface area contributed by atoms with E-state index in [4.69, 9.17) is 4.52 Å². The van der Waals surface area contributed by atoms with E-state index in [9.17, 15) is 13.2 Å². The first-order chi connectivity index (χ1) is 14.9. The predicted octanol–water partition coefficient (Wildman–Crippen LogP) is 4.25. The standard InChI is InChI=1S/C23H23N3O4S/c1-16-23(24-17(2)27)22(30-25-16)14-11-18-9-12-20(13-10-18)31(28,29)26-15-5-7-19-6-3-4-8-21(19)26/h3-4,6,8-14H,5,7,15H2,1-2H3,(H,24,27)/b14-11-. The van der Waals surface area contributed by atoms with Crippen LogP contribution in [0.3, 0.4) is 0 Å². The molecule has 0 fully saturated rings. The minimum atomic E-state index is -3.64. The number of anilines is 2. The van der Waals surface area contributed by atoms with Crippen LogP contribution in [0.25, 0.3) is 12.2 Å². The van der Waals surface area contributed by atoms with Gasteiger partial charge in [-0.05, 0) is 55.2 Å². The summed E-state index contributed by atoms with van der Waals surface area (Å²) in [5.41, 5.74) is 3.70. The summed E-state index contributed by atoms with van der Waals surface area (Å²) in [4.78, 5) is 11.6. The van der Waals surface area contributed by atoms with Gasteiger partial charge in [-0.1, -0.05) is 41.6 Å². The smallest absolute Gasteiger partial charge is 0.264 e. The number of rotatable bonds is 5. The van der Waals surface area contributed by atoms with E-state index < -0.39 is 10.0 Å². The van der Waals surface area contributed by atoms with Gasteiger partial charge in [0.15, 0.2) is 5.76 Å². The molecule has 0 atom stereocenters. The molecule has 0 saturated carbocycles. The molecule has 0 radical (unpaired) electrons. The SMILES string of the molecule is CC(=O)Nc1c(C)noc1/C=C\c1ccc(S(=O)(=O)N2CCCc3ccccc32)cc1. The molecule has 7 nitrogen and oxygen atoms in total. The van der Waals surface area contributed by atoms with Crippen LogP contribution in [0.15, 0.2) is 57.9 Å². The molecule has 0 spiro atoms. The number of carbonyl (C=O) groups is 1. The second-order valence-corrected chi connectivity index (χ2v) is 9.26. The number of fused-ring (bicyclic) bond motifs is 1. The van der Waals surface area contributed by atoms with Gasteiger partial charge in [0.25, 0.3) is 10.0 Å². The maximum atomic E-state index is 13.2. The van der Waals surface area contributed by atoms with Crippen LogP contribution in [-0.4, -0.2) is 26.0 Å². The van der Waals surface area contributed by atoms with E-state index in [0.717, 1.165) is 29.7 Å². The highest BCUT2D eigenvalue weighted by atomic mass is 32.2. The van der Waals surface area contributed by atoms with Gasteiger partial charge in [-0.3, -0.25) is 9.10 Å². The van der Waals surface area contributed by atoms with Gasteiger partial charge in [0.05, 0.1) is 10.6 Å². The van der Waals surface area contributed by atoms with Crippen LogP contribution in [-0.2, 0) is 21.2 Å². The van der Waals surface area contributed by atoms with Gasteiger partial charge in [0.1, 0.15) is 11.4 Å². The highest BCUT2D eigenvalue weighted by molar-refractivity contribution is 7.92. The summed E-state index contributed by atoms with van der Waals surface area (Å²) in [5, 5.41) is 6.57. The molecule has 4 rings (SSSR count). The van der Waals surface area contributed by atoms with Crippen molar-refractivity contribution in [3.8, 4) is 0 Å². The molecule has 8 heteroatoms. The average Bonchev–Trinajstić information content (AvgIpc) is 3.11. The number of aromatic nitrogens is 1. The zero-order valence-electron chi connectivity index (χ0n) is 17.3. The minimum absolute atomic E-state index is 0.213. The fourth-order valence-corrected chi connectivity index (χ4v) is 5.17. The molecule has 2 heterocycles. The van der Waals surface area contributed by atoms with Crippen molar-refractivity contribution in [2.45, 2.75) is 31.6 Å². The average molecular weight is 438 g/mol. The lowest BCUT2D eigenvalue weighted by molar-refractivity contribution is -0.114. The second kappa shape index (κ2) is 8.39. The van der Waals surface area contributed by atoms with Crippen LogP contribution >= 0.6 is 0 Å². The maximum Gasteiger partial charge on any atom is 0.264 e. The molecular formula is C23H23N3O4S. The number of carbonyl (C=O) groups excluding carboxylic acids is 1. The summed E-state index contributed by atoms with van der Waals surface area (Å²) < 4.78 is 33.2. The van der Waals surface area contributed by atoms with Crippen molar-refractivity contribution < 1.29 is 17.7 Å². The normalized spacial score (nSPS) is 13.9. The van der Waals surface area contributed by atoms with Gasteiger partial charge in [0, 0.05) is 13.5 Å². The van der Waals surface area contributed by atoms with E-state index in [1.807, 2.05) is 24.3 Å². The summed E-state index contributed by atoms with van der Waals surface area (Å²) in [5.74, 6) is 0.212. The van der Waals surface area contributed by atoms with Gasteiger partial charge in [-0.2, -0.15) is 0 Å². The zero-order valence-corrected chi connectivity index (χ0v) is 18.1. The maximum absolute atomic E-state index is 13.2. The molecular weight excluding hydrogens is 414 g/mol. The summed E-state index contributed by atoms with van der Waals surface area (Å²) in [6.07, 6.45) is 5.14. The Morgan fingerprint density at radius 1 is 1.13 bits per heavy atom. The van der Waals surface area contributed by atoms with Crippen LogP contribution in [0.4, 0.5) is 11.4 Å². The van der Waals surface area contributed by atoms with E-state index in [0.29, 0.717) is 23.7 Å². The monoisotopic (exact) mass is 437 g/mol. The largest absolute Gasteiger partial charge is 0.354 e. The quantitative estimate of drug-likeness (QED) is 0.644. The Morgan fingerprint density at radius 3 is 2.61 bits per heavy atom. The number of hydrogen-bond donors (Lipinski definition) is 1. The molecule has 0 unspecified atom stereocenters. The molecule has 1 amide bonds. The number of nitrogens with zero attached hydrogens (tertiary/aromatic N) is 2. The summed E-state index contributed by atoms with van der Waals surface area (Å²) in [6.45, 7) is 3.63. The number of amides is 1. The summed E-state index contributed by atoms with van der Waals surface area (Å²) >= 11 is 0. The molecule has 31 heavy (non-hydrogen) atoms. The molecule has 0 aliphatic carbocycles. The minimum Gasteiger partial charge on any atom is -0.354 e. The van der Waals surface area contributed by atoms with Crippen molar-refractivity contribution in [2.24, 2.45) is 0 Å². The van der Waals surface area contributed by atoms with Crippen molar-refractivity contribution in [3.63, 3.8) is 0 Å². The number of aryl methyl sites for hydroxylation is 2. The van der Waals surface area contributed by atoms with Gasteiger partial charge in [-0.15, -0.1) is 0 Å². The van der Waals surface area contributed by atoms with Crippen molar-refractivity contribution in [2.75, 3.05) is 16.2 Å². The number of sulfonamides is 1. The van der Waals surface area contributed by atoms with Crippen LogP contribution in [0, 0.1) is 6.92 Å². The molecule has 1 aliphatic heterocycles. The zero-order chi connectivity index (χ0) is 22.0. The van der Waals surface area contributed by atoms with Crippen molar-refractivity contribution in [1.82, 2.24) is 5.16 Å². The van der Waals surface area contributed by atoms with E-state index in [1.165, 1.54) is 11.2 Å². The molecule has 160 valence electrons. The first kappa shape index (κ1) is 20.9. The van der Waals surface area contributed by atoms with Crippen molar-refractivity contribution in [3.05, 3.63) is 71.1 Å². The molecule has 1 N–H and O–H groups in total. The lowest BCUT2D eigenvalue weighted by Crippen LogP contribution is -2.35. The Kier molecular flexibility index (Phi) is 5.65. The predicted molar refractivity (Wildman–Crippen MR) is 120 cm³/mol. The number of benzene rings is 2. The van der Waals surface area contributed by atoms with Crippen LogP contribution in [0.5, 0.6) is 0 Å². The van der Waals surface area contributed by atoms with E-state index in [-0.39, 0.29) is 10.8 Å². The summed E-state index contributed by atoms with van der Waals surface area (Å²) in [7, 11) is -3.64. The number of hydrogen-bond acceptors (Lipinski definition) is 5. The molecule has 2 aromatic carbocycles. The van der Waals surface area contributed by atoms with Crippen molar-refractivity contribution >= 4 is 39.5 Å². The van der Waals surface area contributed by atoms with Gasteiger partial charge >= 0.3 is 0 Å².